The molecule has 2 N–H and O–H groups in total. The van der Waals surface area contributed by atoms with Crippen molar-refractivity contribution in [1.82, 2.24) is 20.2 Å². The molecule has 3 aliphatic rings. The van der Waals surface area contributed by atoms with E-state index in [9.17, 15) is 9.18 Å². The fourth-order valence-electron chi connectivity index (χ4n) is 4.46. The molecule has 9 heteroatoms. The van der Waals surface area contributed by atoms with Crippen molar-refractivity contribution in [3.05, 3.63) is 35.3 Å². The van der Waals surface area contributed by atoms with E-state index in [-0.39, 0.29) is 29.6 Å². The van der Waals surface area contributed by atoms with Crippen LogP contribution in [0.2, 0.25) is 0 Å². The van der Waals surface area contributed by atoms with Crippen molar-refractivity contribution in [1.29, 1.82) is 0 Å². The average Bonchev–Trinajstić information content (AvgIpc) is 3.21. The van der Waals surface area contributed by atoms with Crippen molar-refractivity contribution in [2.45, 2.75) is 52.0 Å². The number of hydrogen-bond donors (Lipinski definition) is 2. The minimum absolute atomic E-state index is 0.0286. The minimum Gasteiger partial charge on any atom is -0.365 e. The predicted octanol–water partition coefficient (Wildman–Crippen LogP) is 3.90. The number of anilines is 1. The van der Waals surface area contributed by atoms with Crippen molar-refractivity contribution >= 4 is 34.7 Å². The molecule has 0 spiro atoms. The maximum atomic E-state index is 14.5. The molecule has 0 aromatic carbocycles. The standard InChI is InChI=1S/C22H28ClFN6O/c1-3-6-18(31)30-8-5-4-7-14(30)9-25-21-17(24)12-28-20(29-21)15-10-26-22-19(15)13(2)16(23)11-27-22/h10-14,19H,3-9H2,1-2H3,(H,26,27)(H,25,28,29)/t13?,14-,19?/m1/s1. The summed E-state index contributed by atoms with van der Waals surface area (Å²) in [6, 6.07) is 0.0408. The Hall–Kier alpha value is -2.48. The highest BCUT2D eigenvalue weighted by Gasteiger charge is 2.37. The van der Waals surface area contributed by atoms with Crippen molar-refractivity contribution in [2.24, 2.45) is 16.8 Å². The number of amides is 1. The summed E-state index contributed by atoms with van der Waals surface area (Å²) in [5.41, 5.74) is 0.831. The van der Waals surface area contributed by atoms with Crippen LogP contribution in [0.25, 0.3) is 5.57 Å². The van der Waals surface area contributed by atoms with Gasteiger partial charge in [0.05, 0.1) is 12.1 Å². The average molecular weight is 447 g/mol. The summed E-state index contributed by atoms with van der Waals surface area (Å²) in [5.74, 6) is 0.977. The van der Waals surface area contributed by atoms with Crippen LogP contribution in [-0.2, 0) is 4.79 Å². The molecule has 3 aliphatic heterocycles. The summed E-state index contributed by atoms with van der Waals surface area (Å²) < 4.78 is 14.5. The monoisotopic (exact) mass is 446 g/mol. The van der Waals surface area contributed by atoms with Crippen LogP contribution in [0, 0.1) is 17.7 Å². The van der Waals surface area contributed by atoms with E-state index < -0.39 is 5.82 Å². The molecular weight excluding hydrogens is 419 g/mol. The van der Waals surface area contributed by atoms with Gasteiger partial charge in [0.25, 0.3) is 0 Å². The Morgan fingerprint density at radius 3 is 3.06 bits per heavy atom. The van der Waals surface area contributed by atoms with Gasteiger partial charge in [0.1, 0.15) is 5.84 Å². The van der Waals surface area contributed by atoms with E-state index in [0.29, 0.717) is 23.8 Å². The zero-order chi connectivity index (χ0) is 22.0. The number of nitrogens with zero attached hydrogens (tertiary/aromatic N) is 4. The van der Waals surface area contributed by atoms with Gasteiger partial charge >= 0.3 is 0 Å². The molecule has 4 rings (SSSR count). The summed E-state index contributed by atoms with van der Waals surface area (Å²) in [6.07, 6.45) is 9.00. The fraction of sp³-hybridized carbons (Fsp3) is 0.545. The molecule has 0 aliphatic carbocycles. The van der Waals surface area contributed by atoms with Crippen LogP contribution in [0.5, 0.6) is 0 Å². The Morgan fingerprint density at radius 1 is 1.42 bits per heavy atom. The lowest BCUT2D eigenvalue weighted by Gasteiger charge is -2.36. The molecule has 1 amide bonds. The van der Waals surface area contributed by atoms with E-state index in [2.05, 4.69) is 25.6 Å². The van der Waals surface area contributed by atoms with E-state index in [1.165, 1.54) is 6.20 Å². The molecule has 2 unspecified atom stereocenters. The fourth-order valence-corrected chi connectivity index (χ4v) is 4.63. The second-order valence-corrected chi connectivity index (χ2v) is 8.73. The number of halogens is 2. The number of aromatic nitrogens is 2. The molecular formula is C22H28ClFN6O. The highest BCUT2D eigenvalue weighted by molar-refractivity contribution is 6.30. The largest absolute Gasteiger partial charge is 0.365 e. The third-order valence-electron chi connectivity index (χ3n) is 6.19. The van der Waals surface area contributed by atoms with Gasteiger partial charge in [0.15, 0.2) is 17.5 Å². The topological polar surface area (TPSA) is 82.5 Å². The van der Waals surface area contributed by atoms with Gasteiger partial charge in [-0.3, -0.25) is 4.79 Å². The molecule has 31 heavy (non-hydrogen) atoms. The predicted molar refractivity (Wildman–Crippen MR) is 120 cm³/mol. The van der Waals surface area contributed by atoms with E-state index >= 15 is 0 Å². The molecule has 7 nitrogen and oxygen atoms in total. The van der Waals surface area contributed by atoms with Gasteiger partial charge in [-0.15, -0.1) is 0 Å². The molecule has 1 aromatic rings. The summed E-state index contributed by atoms with van der Waals surface area (Å²) in [4.78, 5) is 27.4. The van der Waals surface area contributed by atoms with E-state index in [1.807, 2.05) is 24.9 Å². The summed E-state index contributed by atoms with van der Waals surface area (Å²) in [6.45, 7) is 5.25. The number of likely N-dealkylation sites (tertiary alicyclic amines) is 1. The van der Waals surface area contributed by atoms with Gasteiger partial charge in [0, 0.05) is 54.5 Å². The van der Waals surface area contributed by atoms with Gasteiger partial charge in [-0.05, 0) is 25.7 Å². The third-order valence-corrected chi connectivity index (χ3v) is 6.63. The number of rotatable bonds is 6. The van der Waals surface area contributed by atoms with Gasteiger partial charge in [-0.1, -0.05) is 25.4 Å². The van der Waals surface area contributed by atoms with Gasteiger partial charge in [0.2, 0.25) is 5.91 Å². The lowest BCUT2D eigenvalue weighted by molar-refractivity contribution is -0.134. The second-order valence-electron chi connectivity index (χ2n) is 8.30. The van der Waals surface area contributed by atoms with Crippen molar-refractivity contribution in [3.63, 3.8) is 0 Å². The lowest BCUT2D eigenvalue weighted by Crippen LogP contribution is -2.47. The van der Waals surface area contributed by atoms with E-state index in [4.69, 9.17) is 11.6 Å². The Bertz CT molecular complexity index is 946. The van der Waals surface area contributed by atoms with Crippen LogP contribution in [0.3, 0.4) is 0 Å². The summed E-state index contributed by atoms with van der Waals surface area (Å²) in [7, 11) is 0. The van der Waals surface area contributed by atoms with Crippen LogP contribution < -0.4 is 10.6 Å². The molecule has 4 heterocycles. The van der Waals surface area contributed by atoms with E-state index in [0.717, 1.165) is 43.6 Å². The third kappa shape index (κ3) is 4.44. The van der Waals surface area contributed by atoms with Gasteiger partial charge in [-0.25, -0.2) is 19.4 Å². The molecule has 0 saturated carbocycles. The lowest BCUT2D eigenvalue weighted by atomic mass is 9.86. The van der Waals surface area contributed by atoms with Crippen molar-refractivity contribution in [2.75, 3.05) is 18.4 Å². The first-order valence-electron chi connectivity index (χ1n) is 11.0. The maximum absolute atomic E-state index is 14.5. The zero-order valence-electron chi connectivity index (χ0n) is 17.9. The molecule has 166 valence electrons. The minimum atomic E-state index is -0.513. The summed E-state index contributed by atoms with van der Waals surface area (Å²) in [5, 5.41) is 6.95. The maximum Gasteiger partial charge on any atom is 0.222 e. The molecule has 1 fully saturated rings. The van der Waals surface area contributed by atoms with Crippen molar-refractivity contribution in [3.8, 4) is 0 Å². The van der Waals surface area contributed by atoms with Crippen LogP contribution in [0.15, 0.2) is 28.6 Å². The number of hydrogen-bond acceptors (Lipinski definition) is 6. The molecule has 0 bridgehead atoms. The van der Waals surface area contributed by atoms with Crippen LogP contribution >= 0.6 is 11.6 Å². The van der Waals surface area contributed by atoms with Crippen LogP contribution in [-0.4, -0.2) is 45.7 Å². The summed E-state index contributed by atoms with van der Waals surface area (Å²) >= 11 is 6.29. The number of carbonyl (C=O) groups is 1. The number of aliphatic imine (C=N–C) groups is 1. The first-order valence-corrected chi connectivity index (χ1v) is 11.3. The Balaban J connectivity index is 1.49. The Morgan fingerprint density at radius 2 is 2.26 bits per heavy atom. The van der Waals surface area contributed by atoms with Gasteiger partial charge < -0.3 is 15.5 Å². The first-order chi connectivity index (χ1) is 15.0. The van der Waals surface area contributed by atoms with Crippen LogP contribution in [0.4, 0.5) is 10.2 Å². The first kappa shape index (κ1) is 21.7. The number of allylic oxidation sites excluding steroid dienone is 1. The number of amidine groups is 1. The quantitative estimate of drug-likeness (QED) is 0.692. The molecule has 1 saturated heterocycles. The van der Waals surface area contributed by atoms with Crippen molar-refractivity contribution < 1.29 is 9.18 Å². The second kappa shape index (κ2) is 9.34. The highest BCUT2D eigenvalue weighted by atomic mass is 35.5. The Labute approximate surface area is 186 Å². The number of carbonyl (C=O) groups excluding carboxylic acids is 1. The molecule has 0 radical (unpaired) electrons. The van der Waals surface area contributed by atoms with Gasteiger partial charge in [-0.2, -0.15) is 0 Å². The SMILES string of the molecule is CCCC(=O)N1CCCC[C@@H]1CNc1nc(C2=CNC3=NC=C(Cl)C(C)C23)ncc1F. The highest BCUT2D eigenvalue weighted by Crippen LogP contribution is 2.39. The Kier molecular flexibility index (Phi) is 6.55. The number of nitrogens with one attached hydrogen (secondary N) is 2. The normalized spacial score (nSPS) is 25.2. The number of piperidine rings is 1. The zero-order valence-corrected chi connectivity index (χ0v) is 18.6. The molecule has 3 atom stereocenters. The number of fused-ring (bicyclic) bond motifs is 1. The smallest absolute Gasteiger partial charge is 0.222 e. The molecule has 1 aromatic heterocycles. The van der Waals surface area contributed by atoms with E-state index in [1.54, 1.807) is 6.20 Å². The van der Waals surface area contributed by atoms with Crippen LogP contribution in [0.1, 0.15) is 51.8 Å².